The van der Waals surface area contributed by atoms with Gasteiger partial charge in [-0.15, -0.1) is 0 Å². The van der Waals surface area contributed by atoms with Crippen LogP contribution in [0.15, 0.2) is 55.4 Å². The molecule has 1 aliphatic heterocycles. The monoisotopic (exact) mass is 361 g/mol. The standard InChI is InChI=1S/C20H19N5O2/c1-3-11-27-16-8-5-4-7-14(16)15-12-17(26)23-19-18(15)13(2)24-25(19)20-21-9-6-10-22-20/h3-10,15H,1,11-12H2,2H3,(H,23,26)/t15-/m1/s1. The molecule has 1 N–H and O–H groups in total. The van der Waals surface area contributed by atoms with Gasteiger partial charge in [-0.25, -0.2) is 9.97 Å². The number of carbonyl (C=O) groups is 1. The van der Waals surface area contributed by atoms with Gasteiger partial charge in [-0.05, 0) is 19.1 Å². The zero-order chi connectivity index (χ0) is 18.8. The number of benzene rings is 1. The maximum absolute atomic E-state index is 12.5. The van der Waals surface area contributed by atoms with E-state index in [9.17, 15) is 4.79 Å². The molecule has 7 heteroatoms. The number of nitrogens with one attached hydrogen (secondary N) is 1. The van der Waals surface area contributed by atoms with E-state index in [1.165, 1.54) is 0 Å². The van der Waals surface area contributed by atoms with Gasteiger partial charge in [0, 0.05) is 35.9 Å². The van der Waals surface area contributed by atoms with Crippen molar-refractivity contribution in [2.24, 2.45) is 0 Å². The van der Waals surface area contributed by atoms with Crippen LogP contribution in [0.4, 0.5) is 5.82 Å². The summed E-state index contributed by atoms with van der Waals surface area (Å²) in [5.74, 6) is 1.53. The summed E-state index contributed by atoms with van der Waals surface area (Å²) in [4.78, 5) is 21.0. The lowest BCUT2D eigenvalue weighted by Crippen LogP contribution is -2.25. The Bertz CT molecular complexity index is 997. The normalized spacial score (nSPS) is 15.7. The van der Waals surface area contributed by atoms with Crippen molar-refractivity contribution in [1.82, 2.24) is 19.7 Å². The number of amides is 1. The summed E-state index contributed by atoms with van der Waals surface area (Å²) in [6.07, 6.45) is 5.31. The Morgan fingerprint density at radius 2 is 2.07 bits per heavy atom. The highest BCUT2D eigenvalue weighted by atomic mass is 16.5. The Hall–Kier alpha value is -3.48. The second kappa shape index (κ2) is 7.03. The van der Waals surface area contributed by atoms with Gasteiger partial charge in [0.25, 0.3) is 5.95 Å². The van der Waals surface area contributed by atoms with E-state index in [1.807, 2.05) is 31.2 Å². The summed E-state index contributed by atoms with van der Waals surface area (Å²) in [6, 6.07) is 9.50. The van der Waals surface area contributed by atoms with Crippen LogP contribution >= 0.6 is 0 Å². The molecule has 7 nitrogen and oxygen atoms in total. The van der Waals surface area contributed by atoms with Gasteiger partial charge in [0.2, 0.25) is 5.91 Å². The van der Waals surface area contributed by atoms with Crippen molar-refractivity contribution in [1.29, 1.82) is 0 Å². The van der Waals surface area contributed by atoms with Crippen LogP contribution in [0.5, 0.6) is 5.75 Å². The number of hydrogen-bond acceptors (Lipinski definition) is 5. The second-order valence-corrected chi connectivity index (χ2v) is 6.25. The van der Waals surface area contributed by atoms with Gasteiger partial charge in [0.1, 0.15) is 18.2 Å². The molecular formula is C20H19N5O2. The smallest absolute Gasteiger partial charge is 0.252 e. The Labute approximate surface area is 156 Å². The van der Waals surface area contributed by atoms with Crippen LogP contribution in [-0.2, 0) is 4.79 Å². The van der Waals surface area contributed by atoms with Gasteiger partial charge in [-0.3, -0.25) is 4.79 Å². The topological polar surface area (TPSA) is 81.9 Å². The summed E-state index contributed by atoms with van der Waals surface area (Å²) < 4.78 is 7.40. The van der Waals surface area contributed by atoms with Crippen LogP contribution in [-0.4, -0.2) is 32.3 Å². The zero-order valence-electron chi connectivity index (χ0n) is 14.9. The quantitative estimate of drug-likeness (QED) is 0.707. The Morgan fingerprint density at radius 1 is 1.30 bits per heavy atom. The Balaban J connectivity index is 1.85. The van der Waals surface area contributed by atoms with Crippen molar-refractivity contribution >= 4 is 11.7 Å². The second-order valence-electron chi connectivity index (χ2n) is 6.25. The minimum Gasteiger partial charge on any atom is -0.489 e. The third kappa shape index (κ3) is 3.08. The average molecular weight is 361 g/mol. The van der Waals surface area contributed by atoms with Gasteiger partial charge in [0.15, 0.2) is 0 Å². The van der Waals surface area contributed by atoms with Gasteiger partial charge in [-0.2, -0.15) is 9.78 Å². The molecular weight excluding hydrogens is 342 g/mol. The molecule has 4 rings (SSSR count). The van der Waals surface area contributed by atoms with E-state index in [-0.39, 0.29) is 11.8 Å². The molecule has 0 saturated carbocycles. The van der Waals surface area contributed by atoms with Crippen LogP contribution in [0.25, 0.3) is 5.95 Å². The average Bonchev–Trinajstić information content (AvgIpc) is 3.03. The number of nitrogens with zero attached hydrogens (tertiary/aromatic N) is 4. The molecule has 0 radical (unpaired) electrons. The zero-order valence-corrected chi connectivity index (χ0v) is 14.9. The fourth-order valence-corrected chi connectivity index (χ4v) is 3.41. The molecule has 3 heterocycles. The summed E-state index contributed by atoms with van der Waals surface area (Å²) in [7, 11) is 0. The van der Waals surface area contributed by atoms with Crippen molar-refractivity contribution in [2.75, 3.05) is 11.9 Å². The maximum atomic E-state index is 12.5. The molecule has 1 aliphatic rings. The summed E-state index contributed by atoms with van der Waals surface area (Å²) in [5, 5.41) is 7.52. The number of carbonyl (C=O) groups excluding carboxylic acids is 1. The van der Waals surface area contributed by atoms with Crippen molar-refractivity contribution < 1.29 is 9.53 Å². The lowest BCUT2D eigenvalue weighted by atomic mass is 9.85. The minimum atomic E-state index is -0.160. The van der Waals surface area contributed by atoms with Crippen molar-refractivity contribution in [3.63, 3.8) is 0 Å². The number of aromatic nitrogens is 4. The first-order valence-corrected chi connectivity index (χ1v) is 8.68. The number of rotatable bonds is 5. The molecule has 0 bridgehead atoms. The molecule has 0 fully saturated rings. The first-order valence-electron chi connectivity index (χ1n) is 8.68. The maximum Gasteiger partial charge on any atom is 0.252 e. The van der Waals surface area contributed by atoms with Crippen LogP contribution in [0, 0.1) is 6.92 Å². The van der Waals surface area contributed by atoms with E-state index < -0.39 is 0 Å². The van der Waals surface area contributed by atoms with E-state index in [2.05, 4.69) is 27.0 Å². The highest BCUT2D eigenvalue weighted by molar-refractivity contribution is 5.95. The fourth-order valence-electron chi connectivity index (χ4n) is 3.41. The molecule has 136 valence electrons. The predicted molar refractivity (Wildman–Crippen MR) is 101 cm³/mol. The molecule has 1 amide bonds. The Morgan fingerprint density at radius 3 is 2.85 bits per heavy atom. The first-order chi connectivity index (χ1) is 13.2. The van der Waals surface area contributed by atoms with E-state index in [4.69, 9.17) is 4.74 Å². The van der Waals surface area contributed by atoms with Crippen LogP contribution < -0.4 is 10.1 Å². The molecule has 1 aromatic carbocycles. The molecule has 2 aromatic heterocycles. The molecule has 1 atom stereocenters. The van der Waals surface area contributed by atoms with E-state index >= 15 is 0 Å². The molecule has 3 aromatic rings. The number of anilines is 1. The lowest BCUT2D eigenvalue weighted by Gasteiger charge is -2.25. The summed E-state index contributed by atoms with van der Waals surface area (Å²) in [5.41, 5.74) is 2.73. The highest BCUT2D eigenvalue weighted by Gasteiger charge is 2.34. The van der Waals surface area contributed by atoms with Crippen molar-refractivity contribution in [3.8, 4) is 11.7 Å². The van der Waals surface area contributed by atoms with Gasteiger partial charge >= 0.3 is 0 Å². The molecule has 0 saturated heterocycles. The minimum absolute atomic E-state index is 0.0805. The van der Waals surface area contributed by atoms with Gasteiger partial charge < -0.3 is 10.1 Å². The van der Waals surface area contributed by atoms with Crippen molar-refractivity contribution in [3.05, 3.63) is 72.2 Å². The largest absolute Gasteiger partial charge is 0.489 e. The number of para-hydroxylation sites is 1. The van der Waals surface area contributed by atoms with E-state index in [0.29, 0.717) is 24.8 Å². The van der Waals surface area contributed by atoms with Crippen LogP contribution in [0.3, 0.4) is 0 Å². The fraction of sp³-hybridized carbons (Fsp3) is 0.200. The predicted octanol–water partition coefficient (Wildman–Crippen LogP) is 3.01. The third-order valence-corrected chi connectivity index (χ3v) is 4.50. The lowest BCUT2D eigenvalue weighted by molar-refractivity contribution is -0.116. The molecule has 0 aliphatic carbocycles. The summed E-state index contributed by atoms with van der Waals surface area (Å²) in [6.45, 7) is 6.03. The van der Waals surface area contributed by atoms with Crippen LogP contribution in [0.2, 0.25) is 0 Å². The first kappa shape index (κ1) is 17.0. The van der Waals surface area contributed by atoms with E-state index in [0.717, 1.165) is 22.6 Å². The van der Waals surface area contributed by atoms with Gasteiger partial charge in [-0.1, -0.05) is 30.9 Å². The highest BCUT2D eigenvalue weighted by Crippen LogP contribution is 2.42. The number of fused-ring (bicyclic) bond motifs is 1. The number of aryl methyl sites for hydroxylation is 1. The summed E-state index contributed by atoms with van der Waals surface area (Å²) >= 11 is 0. The molecule has 27 heavy (non-hydrogen) atoms. The van der Waals surface area contributed by atoms with Gasteiger partial charge in [0.05, 0.1) is 5.69 Å². The SMILES string of the molecule is C=CCOc1ccccc1[C@H]1CC(=O)Nc2c1c(C)nn2-c1ncccn1. The molecule has 0 unspecified atom stereocenters. The van der Waals surface area contributed by atoms with E-state index in [1.54, 1.807) is 29.2 Å². The third-order valence-electron chi connectivity index (χ3n) is 4.50. The number of hydrogen-bond donors (Lipinski definition) is 1. The van der Waals surface area contributed by atoms with Crippen molar-refractivity contribution in [2.45, 2.75) is 19.3 Å². The number of ether oxygens (including phenoxy) is 1. The molecule has 0 spiro atoms. The Kier molecular flexibility index (Phi) is 4.42. The van der Waals surface area contributed by atoms with Crippen LogP contribution in [0.1, 0.15) is 29.2 Å².